The predicted octanol–water partition coefficient (Wildman–Crippen LogP) is 4.48. The molecule has 0 aliphatic heterocycles. The van der Waals surface area contributed by atoms with E-state index in [1.54, 1.807) is 24.3 Å². The monoisotopic (exact) mass is 340 g/mol. The summed E-state index contributed by atoms with van der Waals surface area (Å²) in [4.78, 5) is 4.39. The Morgan fingerprint density at radius 2 is 2.00 bits per heavy atom. The van der Waals surface area contributed by atoms with Gasteiger partial charge >= 0.3 is 6.18 Å². The number of nitrogens with zero attached hydrogens (tertiary/aromatic N) is 1. The molecule has 1 aliphatic rings. The van der Waals surface area contributed by atoms with Crippen molar-refractivity contribution in [3.63, 3.8) is 0 Å². The fourth-order valence-electron chi connectivity index (χ4n) is 2.88. The van der Waals surface area contributed by atoms with Crippen LogP contribution in [0.5, 0.6) is 0 Å². The Morgan fingerprint density at radius 1 is 1.30 bits per heavy atom. The summed E-state index contributed by atoms with van der Waals surface area (Å²) >= 11 is 5.86. The Bertz CT molecular complexity index is 755. The first-order valence-electron chi connectivity index (χ1n) is 7.34. The standard InChI is InChI=1S/C17H16ClF3N2/c1-9(18)6-7-11-15(16(11)22)14-8-12(17(19,20)21)10-4-2-3-5-13(10)23-14/h2-9,11,15-16H,22H2,1H3/b7-6-. The first-order chi connectivity index (χ1) is 10.8. The zero-order valence-electron chi connectivity index (χ0n) is 12.4. The number of hydrogen-bond acceptors (Lipinski definition) is 2. The molecule has 0 radical (unpaired) electrons. The van der Waals surface area contributed by atoms with Crippen molar-refractivity contribution in [1.29, 1.82) is 0 Å². The molecule has 0 saturated heterocycles. The minimum Gasteiger partial charge on any atom is -0.327 e. The minimum absolute atomic E-state index is 0.0223. The lowest BCUT2D eigenvalue weighted by Gasteiger charge is -2.12. The largest absolute Gasteiger partial charge is 0.417 e. The summed E-state index contributed by atoms with van der Waals surface area (Å²) in [6.07, 6.45) is -0.749. The molecule has 1 aromatic heterocycles. The minimum atomic E-state index is -4.42. The molecule has 6 heteroatoms. The first-order valence-corrected chi connectivity index (χ1v) is 7.77. The van der Waals surface area contributed by atoms with E-state index in [2.05, 4.69) is 4.98 Å². The molecule has 0 amide bonds. The van der Waals surface area contributed by atoms with Crippen molar-refractivity contribution < 1.29 is 13.2 Å². The van der Waals surface area contributed by atoms with Gasteiger partial charge in [-0.05, 0) is 19.1 Å². The zero-order valence-corrected chi connectivity index (χ0v) is 13.1. The van der Waals surface area contributed by atoms with Gasteiger partial charge < -0.3 is 5.73 Å². The van der Waals surface area contributed by atoms with Gasteiger partial charge in [-0.2, -0.15) is 13.2 Å². The lowest BCUT2D eigenvalue weighted by Crippen LogP contribution is -2.09. The number of hydrogen-bond donors (Lipinski definition) is 1. The fourth-order valence-corrected chi connectivity index (χ4v) is 2.97. The van der Waals surface area contributed by atoms with E-state index in [0.29, 0.717) is 11.2 Å². The highest BCUT2D eigenvalue weighted by molar-refractivity contribution is 6.21. The van der Waals surface area contributed by atoms with Crippen LogP contribution in [0.3, 0.4) is 0 Å². The van der Waals surface area contributed by atoms with Crippen LogP contribution in [0.2, 0.25) is 0 Å². The van der Waals surface area contributed by atoms with Crippen molar-refractivity contribution >= 4 is 22.5 Å². The summed E-state index contributed by atoms with van der Waals surface area (Å²) < 4.78 is 40.0. The smallest absolute Gasteiger partial charge is 0.327 e. The van der Waals surface area contributed by atoms with Gasteiger partial charge in [0.15, 0.2) is 0 Å². The van der Waals surface area contributed by atoms with Crippen molar-refractivity contribution in [2.24, 2.45) is 11.7 Å². The summed E-state index contributed by atoms with van der Waals surface area (Å²) in [6, 6.07) is 7.19. The molecular formula is C17H16ClF3N2. The molecule has 1 fully saturated rings. The molecule has 1 heterocycles. The lowest BCUT2D eigenvalue weighted by atomic mass is 10.0. The van der Waals surface area contributed by atoms with Crippen LogP contribution in [0.4, 0.5) is 13.2 Å². The van der Waals surface area contributed by atoms with Gasteiger partial charge in [-0.25, -0.2) is 0 Å². The number of nitrogens with two attached hydrogens (primary N) is 1. The Morgan fingerprint density at radius 3 is 2.65 bits per heavy atom. The zero-order chi connectivity index (χ0) is 16.8. The summed E-state index contributed by atoms with van der Waals surface area (Å²) in [5.41, 5.74) is 6.08. The topological polar surface area (TPSA) is 38.9 Å². The third-order valence-electron chi connectivity index (χ3n) is 4.11. The Hall–Kier alpha value is -1.59. The van der Waals surface area contributed by atoms with Crippen LogP contribution in [0.1, 0.15) is 24.1 Å². The maximum Gasteiger partial charge on any atom is 0.417 e. The number of alkyl halides is 4. The number of benzene rings is 1. The van der Waals surface area contributed by atoms with Gasteiger partial charge in [-0.15, -0.1) is 11.6 Å². The molecule has 2 nitrogen and oxygen atoms in total. The average molecular weight is 341 g/mol. The molecular weight excluding hydrogens is 325 g/mol. The van der Waals surface area contributed by atoms with E-state index in [-0.39, 0.29) is 28.6 Å². The number of allylic oxidation sites excluding steroid dienone is 1. The second kappa shape index (κ2) is 5.80. The first kappa shape index (κ1) is 16.3. The molecule has 0 spiro atoms. The normalized spacial score (nSPS) is 25.9. The van der Waals surface area contributed by atoms with Crippen LogP contribution in [0, 0.1) is 5.92 Å². The van der Waals surface area contributed by atoms with Gasteiger partial charge in [0.05, 0.1) is 11.1 Å². The van der Waals surface area contributed by atoms with E-state index < -0.39 is 11.7 Å². The Labute approximate surface area is 137 Å². The van der Waals surface area contributed by atoms with Crippen molar-refractivity contribution in [3.05, 3.63) is 53.7 Å². The van der Waals surface area contributed by atoms with Crippen molar-refractivity contribution in [2.75, 3.05) is 0 Å². The maximum atomic E-state index is 13.3. The molecule has 1 aliphatic carbocycles. The van der Waals surface area contributed by atoms with Crippen LogP contribution in [0.25, 0.3) is 10.9 Å². The number of aromatic nitrogens is 1. The molecule has 4 atom stereocenters. The fraction of sp³-hybridized carbons (Fsp3) is 0.353. The third-order valence-corrected chi connectivity index (χ3v) is 4.26. The van der Waals surface area contributed by atoms with Crippen LogP contribution in [-0.4, -0.2) is 16.4 Å². The highest BCUT2D eigenvalue weighted by atomic mass is 35.5. The molecule has 4 unspecified atom stereocenters. The average Bonchev–Trinajstić information content (AvgIpc) is 3.13. The van der Waals surface area contributed by atoms with Crippen LogP contribution < -0.4 is 5.73 Å². The molecule has 1 aromatic carbocycles. The SMILES string of the molecule is CC(Cl)/C=C\C1C(N)C1c1cc(C(F)(F)F)c2ccccc2n1. The van der Waals surface area contributed by atoms with E-state index in [0.717, 1.165) is 6.07 Å². The Kier molecular flexibility index (Phi) is 4.10. The van der Waals surface area contributed by atoms with Crippen LogP contribution >= 0.6 is 11.6 Å². The number of para-hydroxylation sites is 1. The van der Waals surface area contributed by atoms with E-state index in [9.17, 15) is 13.2 Å². The number of halogens is 4. The second-order valence-electron chi connectivity index (χ2n) is 5.85. The van der Waals surface area contributed by atoms with E-state index in [1.165, 1.54) is 6.07 Å². The van der Waals surface area contributed by atoms with Gasteiger partial charge in [0.2, 0.25) is 0 Å². The van der Waals surface area contributed by atoms with Crippen LogP contribution in [0.15, 0.2) is 42.5 Å². The summed E-state index contributed by atoms with van der Waals surface area (Å²) in [5.74, 6) is -0.224. The van der Waals surface area contributed by atoms with Crippen molar-refractivity contribution in [2.45, 2.75) is 30.4 Å². The molecule has 0 bridgehead atoms. The summed E-state index contributed by atoms with van der Waals surface area (Å²) in [5, 5.41) is -0.0295. The molecule has 23 heavy (non-hydrogen) atoms. The number of fused-ring (bicyclic) bond motifs is 1. The quantitative estimate of drug-likeness (QED) is 0.661. The molecule has 2 aromatic rings. The predicted molar refractivity (Wildman–Crippen MR) is 85.4 cm³/mol. The lowest BCUT2D eigenvalue weighted by molar-refractivity contribution is -0.136. The number of rotatable bonds is 3. The van der Waals surface area contributed by atoms with Gasteiger partial charge in [0.25, 0.3) is 0 Å². The van der Waals surface area contributed by atoms with Crippen molar-refractivity contribution in [3.8, 4) is 0 Å². The third kappa shape index (κ3) is 3.21. The Balaban J connectivity index is 2.03. The van der Waals surface area contributed by atoms with Crippen molar-refractivity contribution in [1.82, 2.24) is 4.98 Å². The van der Waals surface area contributed by atoms with Gasteiger partial charge in [-0.1, -0.05) is 30.4 Å². The van der Waals surface area contributed by atoms with E-state index in [1.807, 2.05) is 13.0 Å². The second-order valence-corrected chi connectivity index (χ2v) is 6.54. The summed E-state index contributed by atoms with van der Waals surface area (Å²) in [6.45, 7) is 1.82. The van der Waals surface area contributed by atoms with Gasteiger partial charge in [0.1, 0.15) is 0 Å². The van der Waals surface area contributed by atoms with Crippen LogP contribution in [-0.2, 0) is 6.18 Å². The van der Waals surface area contributed by atoms with Gasteiger partial charge in [0, 0.05) is 34.3 Å². The number of pyridine rings is 1. The highest BCUT2D eigenvalue weighted by Crippen LogP contribution is 2.48. The maximum absolute atomic E-state index is 13.3. The molecule has 2 N–H and O–H groups in total. The van der Waals surface area contributed by atoms with E-state index in [4.69, 9.17) is 17.3 Å². The molecule has 3 rings (SSSR count). The van der Waals surface area contributed by atoms with Gasteiger partial charge in [-0.3, -0.25) is 4.98 Å². The van der Waals surface area contributed by atoms with E-state index >= 15 is 0 Å². The highest BCUT2D eigenvalue weighted by Gasteiger charge is 2.48. The summed E-state index contributed by atoms with van der Waals surface area (Å²) in [7, 11) is 0. The molecule has 1 saturated carbocycles. The molecule has 122 valence electrons.